The topological polar surface area (TPSA) is 45.4 Å². The van der Waals surface area contributed by atoms with E-state index in [1.165, 1.54) is 0 Å². The van der Waals surface area contributed by atoms with E-state index in [0.717, 1.165) is 5.69 Å². The summed E-state index contributed by atoms with van der Waals surface area (Å²) in [6.07, 6.45) is 1.96. The van der Waals surface area contributed by atoms with Gasteiger partial charge in [0.05, 0.1) is 0 Å². The zero-order chi connectivity index (χ0) is 15.0. The Morgan fingerprint density at radius 1 is 1.00 bits per heavy atom. The summed E-state index contributed by atoms with van der Waals surface area (Å²) in [5, 5.41) is 18.8. The van der Waals surface area contributed by atoms with Crippen LogP contribution in [0.4, 0.5) is 0 Å². The van der Waals surface area contributed by atoms with E-state index in [4.69, 9.17) is 0 Å². The molecular weight excluding hydrogens is 253 g/mol. The first-order valence-corrected chi connectivity index (χ1v) is 9.39. The molecular formula is C14H28BNO2Si. The number of rotatable bonds is 5. The zero-order valence-electron chi connectivity index (χ0n) is 13.3. The van der Waals surface area contributed by atoms with Gasteiger partial charge >= 0.3 is 7.12 Å². The summed E-state index contributed by atoms with van der Waals surface area (Å²) in [6, 6.07) is 1.90. The van der Waals surface area contributed by atoms with Crippen molar-refractivity contribution in [1.29, 1.82) is 0 Å². The van der Waals surface area contributed by atoms with E-state index in [9.17, 15) is 10.0 Å². The van der Waals surface area contributed by atoms with Gasteiger partial charge in [0.1, 0.15) is 0 Å². The molecule has 0 saturated heterocycles. The summed E-state index contributed by atoms with van der Waals surface area (Å²) < 4.78 is 2.39. The van der Waals surface area contributed by atoms with Gasteiger partial charge in [0.15, 0.2) is 8.24 Å². The molecule has 0 atom stereocenters. The molecule has 5 heteroatoms. The third-order valence-corrected chi connectivity index (χ3v) is 11.4. The predicted molar refractivity (Wildman–Crippen MR) is 85.4 cm³/mol. The van der Waals surface area contributed by atoms with Crippen LogP contribution in [0.15, 0.2) is 12.3 Å². The van der Waals surface area contributed by atoms with Gasteiger partial charge in [0, 0.05) is 5.69 Å². The quantitative estimate of drug-likeness (QED) is 0.815. The Morgan fingerprint density at radius 2 is 1.42 bits per heavy atom. The van der Waals surface area contributed by atoms with Gasteiger partial charge in [-0.25, -0.2) is 0 Å². The van der Waals surface area contributed by atoms with Gasteiger partial charge in [0.25, 0.3) is 0 Å². The molecule has 0 spiro atoms. The lowest BCUT2D eigenvalue weighted by molar-refractivity contribution is 0.426. The number of hydrogen-bond donors (Lipinski definition) is 2. The smallest absolute Gasteiger partial charge is 0.423 e. The minimum Gasteiger partial charge on any atom is -0.423 e. The predicted octanol–water partition coefficient (Wildman–Crippen LogP) is 2.50. The van der Waals surface area contributed by atoms with Crippen LogP contribution in [0.3, 0.4) is 0 Å². The van der Waals surface area contributed by atoms with Crippen LogP contribution in [0.2, 0.25) is 16.6 Å². The summed E-state index contributed by atoms with van der Waals surface area (Å²) in [7, 11) is -3.16. The molecule has 3 nitrogen and oxygen atoms in total. The van der Waals surface area contributed by atoms with Gasteiger partial charge in [-0.2, -0.15) is 0 Å². The maximum absolute atomic E-state index is 9.40. The summed E-state index contributed by atoms with van der Waals surface area (Å²) in [5.41, 5.74) is 3.55. The SMILES string of the molecule is Cc1cc(B(O)O)cn1[Si](C(C)C)(C(C)C)C(C)C. The van der Waals surface area contributed by atoms with Gasteiger partial charge in [-0.1, -0.05) is 41.5 Å². The molecule has 0 aliphatic carbocycles. The van der Waals surface area contributed by atoms with Crippen molar-refractivity contribution in [2.75, 3.05) is 0 Å². The maximum Gasteiger partial charge on any atom is 0.489 e. The van der Waals surface area contributed by atoms with Crippen molar-refractivity contribution in [1.82, 2.24) is 4.23 Å². The molecule has 0 aliphatic rings. The van der Waals surface area contributed by atoms with Crippen molar-refractivity contribution in [3.05, 3.63) is 18.0 Å². The molecule has 2 N–H and O–H groups in total. The fourth-order valence-corrected chi connectivity index (χ4v) is 10.7. The number of hydrogen-bond acceptors (Lipinski definition) is 2. The Morgan fingerprint density at radius 3 is 1.68 bits per heavy atom. The molecule has 19 heavy (non-hydrogen) atoms. The molecule has 0 aromatic carbocycles. The van der Waals surface area contributed by atoms with Crippen molar-refractivity contribution >= 4 is 20.8 Å². The number of nitrogens with zero attached hydrogens (tertiary/aromatic N) is 1. The summed E-state index contributed by atoms with van der Waals surface area (Å²) in [4.78, 5) is 0. The van der Waals surface area contributed by atoms with E-state index in [-0.39, 0.29) is 0 Å². The molecule has 108 valence electrons. The zero-order valence-corrected chi connectivity index (χ0v) is 14.3. The minimum absolute atomic E-state index is 0.599. The van der Waals surface area contributed by atoms with Crippen LogP contribution in [-0.4, -0.2) is 29.6 Å². The number of aromatic nitrogens is 1. The third kappa shape index (κ3) is 2.69. The average Bonchev–Trinajstić information content (AvgIpc) is 2.60. The Kier molecular flexibility index (Phi) is 5.09. The maximum atomic E-state index is 9.40. The van der Waals surface area contributed by atoms with Crippen LogP contribution in [0.25, 0.3) is 0 Å². The minimum atomic E-state index is -1.78. The van der Waals surface area contributed by atoms with Crippen LogP contribution >= 0.6 is 0 Å². The molecule has 0 amide bonds. The van der Waals surface area contributed by atoms with Gasteiger partial charge in [-0.3, -0.25) is 0 Å². The lowest BCUT2D eigenvalue weighted by atomic mass is 9.83. The monoisotopic (exact) mass is 281 g/mol. The second kappa shape index (κ2) is 5.85. The average molecular weight is 281 g/mol. The van der Waals surface area contributed by atoms with Crippen molar-refractivity contribution in [3.8, 4) is 0 Å². The van der Waals surface area contributed by atoms with Crippen molar-refractivity contribution in [3.63, 3.8) is 0 Å². The van der Waals surface area contributed by atoms with Crippen LogP contribution < -0.4 is 5.46 Å². The lowest BCUT2D eigenvalue weighted by Crippen LogP contribution is -2.52. The van der Waals surface area contributed by atoms with Gasteiger partial charge in [0.2, 0.25) is 0 Å². The summed E-state index contributed by atoms with van der Waals surface area (Å²) in [5.74, 6) is 0. The normalized spacial score (nSPS) is 12.8. The fourth-order valence-electron chi connectivity index (χ4n) is 3.99. The highest BCUT2D eigenvalue weighted by atomic mass is 28.3. The lowest BCUT2D eigenvalue weighted by Gasteiger charge is -2.45. The Labute approximate surface area is 118 Å². The van der Waals surface area contributed by atoms with E-state index >= 15 is 0 Å². The molecule has 1 rings (SSSR count). The van der Waals surface area contributed by atoms with Gasteiger partial charge in [-0.05, 0) is 41.3 Å². The largest absolute Gasteiger partial charge is 0.489 e. The Balaban J connectivity index is 3.49. The molecule has 0 radical (unpaired) electrons. The molecule has 0 fully saturated rings. The standard InChI is InChI=1S/C14H28BNO2Si/c1-10(2)19(11(3)4,12(5)6)16-9-14(15(17)18)8-13(16)7/h8-12,17-18H,1-7H3. The molecule has 0 aliphatic heterocycles. The second-order valence-electron chi connectivity index (χ2n) is 6.51. The molecule has 0 unspecified atom stereocenters. The molecule has 0 saturated carbocycles. The van der Waals surface area contributed by atoms with Crippen LogP contribution in [0, 0.1) is 6.92 Å². The molecule has 1 aromatic heterocycles. The second-order valence-corrected chi connectivity index (χ2v) is 12.2. The molecule has 0 bridgehead atoms. The molecule has 1 heterocycles. The first-order valence-electron chi connectivity index (χ1n) is 7.21. The summed E-state index contributed by atoms with van der Waals surface area (Å²) >= 11 is 0. The third-order valence-electron chi connectivity index (χ3n) is 4.52. The Bertz CT molecular complexity index is 405. The highest BCUT2D eigenvalue weighted by Crippen LogP contribution is 2.42. The van der Waals surface area contributed by atoms with Crippen molar-refractivity contribution < 1.29 is 10.0 Å². The summed E-state index contributed by atoms with van der Waals surface area (Å²) in [6.45, 7) is 15.9. The molecule has 1 aromatic rings. The number of aryl methyl sites for hydroxylation is 1. The van der Waals surface area contributed by atoms with Crippen molar-refractivity contribution in [2.24, 2.45) is 0 Å². The van der Waals surface area contributed by atoms with E-state index in [0.29, 0.717) is 22.1 Å². The van der Waals surface area contributed by atoms with E-state index < -0.39 is 15.4 Å². The van der Waals surface area contributed by atoms with Gasteiger partial charge < -0.3 is 14.3 Å². The van der Waals surface area contributed by atoms with Crippen LogP contribution in [0.5, 0.6) is 0 Å². The first kappa shape index (κ1) is 16.5. The van der Waals surface area contributed by atoms with Gasteiger partial charge in [-0.15, -0.1) is 0 Å². The van der Waals surface area contributed by atoms with E-state index in [2.05, 4.69) is 52.7 Å². The van der Waals surface area contributed by atoms with E-state index in [1.807, 2.05) is 12.3 Å². The highest BCUT2D eigenvalue weighted by Gasteiger charge is 2.45. The van der Waals surface area contributed by atoms with Crippen molar-refractivity contribution in [2.45, 2.75) is 65.1 Å². The van der Waals surface area contributed by atoms with E-state index in [1.54, 1.807) is 0 Å². The first-order chi connectivity index (χ1) is 8.65. The highest BCUT2D eigenvalue weighted by molar-refractivity contribution is 6.82. The van der Waals surface area contributed by atoms with Crippen LogP contribution in [-0.2, 0) is 0 Å². The Hall–Kier alpha value is -0.518. The fraction of sp³-hybridized carbons (Fsp3) is 0.714. The van der Waals surface area contributed by atoms with Crippen LogP contribution in [0.1, 0.15) is 47.2 Å².